The number of aromatic nitrogens is 1. The summed E-state index contributed by atoms with van der Waals surface area (Å²) in [7, 11) is 0. The molecule has 134 valence electrons. The first-order valence-electron chi connectivity index (χ1n) is 8.51. The summed E-state index contributed by atoms with van der Waals surface area (Å²) in [5.41, 5.74) is 0.471. The summed E-state index contributed by atoms with van der Waals surface area (Å²) in [6.45, 7) is 5.06. The molecule has 1 aliphatic heterocycles. The fourth-order valence-corrected chi connectivity index (χ4v) is 4.32. The predicted molar refractivity (Wildman–Crippen MR) is 90.7 cm³/mol. The minimum Gasteiger partial charge on any atom is -0.335 e. The van der Waals surface area contributed by atoms with Crippen molar-refractivity contribution in [1.29, 1.82) is 5.26 Å². The van der Waals surface area contributed by atoms with E-state index in [0.717, 1.165) is 12.6 Å². The number of hydrogen-bond donors (Lipinski definition) is 2. The summed E-state index contributed by atoms with van der Waals surface area (Å²) in [6, 6.07) is 3.10. The van der Waals surface area contributed by atoms with Crippen molar-refractivity contribution in [2.75, 3.05) is 6.54 Å². The summed E-state index contributed by atoms with van der Waals surface area (Å²) in [6.07, 6.45) is 2.61. The number of pyridine rings is 1. The van der Waals surface area contributed by atoms with Crippen LogP contribution in [0.15, 0.2) is 24.5 Å². The molecule has 2 heterocycles. The van der Waals surface area contributed by atoms with Crippen LogP contribution < -0.4 is 10.6 Å². The first-order valence-corrected chi connectivity index (χ1v) is 8.51. The van der Waals surface area contributed by atoms with Gasteiger partial charge in [0.25, 0.3) is 0 Å². The molecule has 7 heteroatoms. The van der Waals surface area contributed by atoms with Gasteiger partial charge in [-0.3, -0.25) is 9.78 Å². The van der Waals surface area contributed by atoms with Crippen LogP contribution in [0, 0.1) is 40.2 Å². The van der Waals surface area contributed by atoms with E-state index in [2.05, 4.69) is 29.5 Å². The number of fused-ring (bicyclic) bond motifs is 2. The van der Waals surface area contributed by atoms with Crippen LogP contribution in [-0.2, 0) is 4.79 Å². The summed E-state index contributed by atoms with van der Waals surface area (Å²) in [5, 5.41) is 15.8. The van der Waals surface area contributed by atoms with Crippen molar-refractivity contribution in [3.05, 3.63) is 41.7 Å². The molecule has 1 aliphatic carbocycles. The van der Waals surface area contributed by atoms with Crippen molar-refractivity contribution in [3.63, 3.8) is 0 Å². The van der Waals surface area contributed by atoms with E-state index in [-0.39, 0.29) is 28.7 Å². The van der Waals surface area contributed by atoms with E-state index >= 15 is 0 Å². The third kappa shape index (κ3) is 2.36. The Morgan fingerprint density at radius 2 is 2.15 bits per heavy atom. The second-order valence-corrected chi connectivity index (χ2v) is 7.60. The molecule has 26 heavy (non-hydrogen) atoms. The smallest absolute Gasteiger partial charge is 0.238 e. The maximum Gasteiger partial charge on any atom is 0.238 e. The summed E-state index contributed by atoms with van der Waals surface area (Å²) < 4.78 is 27.5. The molecular formula is C19H18F2N4O. The average Bonchev–Trinajstić information content (AvgIpc) is 2.99. The number of amides is 1. The molecule has 1 saturated heterocycles. The van der Waals surface area contributed by atoms with E-state index < -0.39 is 17.7 Å². The Morgan fingerprint density at radius 1 is 1.38 bits per heavy atom. The van der Waals surface area contributed by atoms with Crippen molar-refractivity contribution >= 4 is 16.7 Å². The standard InChI is InChI=1S/C19H18F2N4O/c1-19(2)12-8-24-17(15(12)19)18(26)25-14(5-22)10-6-23-7-11-9(10)3-4-13(20)16(11)21/h3-4,6-7,12,14-15,17,24H,8H2,1-2H3,(H,25,26). The maximum absolute atomic E-state index is 14.0. The molecule has 2 fully saturated rings. The summed E-state index contributed by atoms with van der Waals surface area (Å²) in [5.74, 6) is -1.53. The number of halogens is 2. The Morgan fingerprint density at radius 3 is 2.81 bits per heavy atom. The zero-order chi connectivity index (χ0) is 18.6. The molecule has 4 atom stereocenters. The van der Waals surface area contributed by atoms with Crippen LogP contribution in [0.1, 0.15) is 25.5 Å². The molecule has 2 N–H and O–H groups in total. The van der Waals surface area contributed by atoms with Gasteiger partial charge in [-0.1, -0.05) is 19.9 Å². The van der Waals surface area contributed by atoms with Gasteiger partial charge in [0.2, 0.25) is 5.91 Å². The lowest BCUT2D eigenvalue weighted by Gasteiger charge is -2.21. The second-order valence-electron chi connectivity index (χ2n) is 7.60. The monoisotopic (exact) mass is 356 g/mol. The molecule has 4 rings (SSSR count). The van der Waals surface area contributed by atoms with Gasteiger partial charge in [-0.25, -0.2) is 8.78 Å². The Labute approximate surface area is 149 Å². The lowest BCUT2D eigenvalue weighted by atomic mass is 9.99. The largest absolute Gasteiger partial charge is 0.335 e. The molecule has 5 nitrogen and oxygen atoms in total. The Hall–Kier alpha value is -2.59. The molecule has 1 aromatic heterocycles. The summed E-state index contributed by atoms with van der Waals surface area (Å²) >= 11 is 0. The highest BCUT2D eigenvalue weighted by atomic mass is 19.2. The van der Waals surface area contributed by atoms with Gasteiger partial charge in [0.1, 0.15) is 6.04 Å². The van der Waals surface area contributed by atoms with Crippen molar-refractivity contribution in [3.8, 4) is 6.07 Å². The predicted octanol–water partition coefficient (Wildman–Crippen LogP) is 2.44. The van der Waals surface area contributed by atoms with Gasteiger partial charge in [0.15, 0.2) is 11.6 Å². The number of hydrogen-bond acceptors (Lipinski definition) is 4. The number of nitrogens with one attached hydrogen (secondary N) is 2. The van der Waals surface area contributed by atoms with Gasteiger partial charge in [-0.15, -0.1) is 0 Å². The fraction of sp³-hybridized carbons (Fsp3) is 0.421. The zero-order valence-electron chi connectivity index (χ0n) is 14.4. The minimum atomic E-state index is -1.01. The SMILES string of the molecule is CC1(C)C2CNC(C(=O)NC(C#N)c3cncc4c(F)c(F)ccc34)C21. The average molecular weight is 356 g/mol. The molecule has 1 saturated carbocycles. The van der Waals surface area contributed by atoms with Gasteiger partial charge in [-0.2, -0.15) is 5.26 Å². The van der Waals surface area contributed by atoms with Crippen LogP contribution in [0.2, 0.25) is 0 Å². The van der Waals surface area contributed by atoms with Gasteiger partial charge in [-0.05, 0) is 35.2 Å². The number of nitriles is 1. The highest BCUT2D eigenvalue weighted by Gasteiger charge is 2.65. The van der Waals surface area contributed by atoms with E-state index in [9.17, 15) is 18.8 Å². The van der Waals surface area contributed by atoms with E-state index in [1.165, 1.54) is 18.5 Å². The normalized spacial score (nSPS) is 26.8. The van der Waals surface area contributed by atoms with Crippen LogP contribution in [0.5, 0.6) is 0 Å². The molecule has 2 aromatic rings. The first-order chi connectivity index (χ1) is 12.4. The van der Waals surface area contributed by atoms with Gasteiger partial charge < -0.3 is 10.6 Å². The topological polar surface area (TPSA) is 77.8 Å². The highest BCUT2D eigenvalue weighted by Crippen LogP contribution is 2.62. The molecule has 4 unspecified atom stereocenters. The number of benzene rings is 1. The molecule has 0 bridgehead atoms. The number of rotatable bonds is 3. The van der Waals surface area contributed by atoms with Crippen LogP contribution in [0.4, 0.5) is 8.78 Å². The number of nitrogens with zero attached hydrogens (tertiary/aromatic N) is 2. The fourth-order valence-electron chi connectivity index (χ4n) is 4.32. The van der Waals surface area contributed by atoms with E-state index in [1.807, 2.05) is 6.07 Å². The molecule has 1 aromatic carbocycles. The van der Waals surface area contributed by atoms with Crippen LogP contribution >= 0.6 is 0 Å². The third-order valence-corrected chi connectivity index (χ3v) is 5.93. The highest BCUT2D eigenvalue weighted by molar-refractivity contribution is 5.88. The van der Waals surface area contributed by atoms with Crippen LogP contribution in [0.25, 0.3) is 10.8 Å². The van der Waals surface area contributed by atoms with Gasteiger partial charge in [0.05, 0.1) is 12.1 Å². The Bertz CT molecular complexity index is 952. The second kappa shape index (κ2) is 5.71. The van der Waals surface area contributed by atoms with Crippen molar-refractivity contribution in [2.24, 2.45) is 17.3 Å². The van der Waals surface area contributed by atoms with Crippen LogP contribution in [0.3, 0.4) is 0 Å². The third-order valence-electron chi connectivity index (χ3n) is 5.93. The number of carbonyl (C=O) groups is 1. The van der Waals surface area contributed by atoms with Crippen molar-refractivity contribution in [2.45, 2.75) is 25.9 Å². The number of carbonyl (C=O) groups excluding carboxylic acids is 1. The molecular weight excluding hydrogens is 338 g/mol. The molecule has 0 radical (unpaired) electrons. The van der Waals surface area contributed by atoms with Crippen molar-refractivity contribution < 1.29 is 13.6 Å². The quantitative estimate of drug-likeness (QED) is 0.886. The molecule has 2 aliphatic rings. The Balaban J connectivity index is 1.63. The van der Waals surface area contributed by atoms with E-state index in [1.54, 1.807) is 0 Å². The van der Waals surface area contributed by atoms with E-state index in [0.29, 0.717) is 16.9 Å². The lowest BCUT2D eigenvalue weighted by Crippen LogP contribution is -2.45. The van der Waals surface area contributed by atoms with E-state index in [4.69, 9.17) is 0 Å². The number of piperidine rings is 1. The lowest BCUT2D eigenvalue weighted by molar-refractivity contribution is -0.124. The Kier molecular flexibility index (Phi) is 3.70. The molecule has 0 spiro atoms. The van der Waals surface area contributed by atoms with Gasteiger partial charge >= 0.3 is 0 Å². The van der Waals surface area contributed by atoms with Gasteiger partial charge in [0, 0.05) is 23.3 Å². The molecule has 1 amide bonds. The van der Waals surface area contributed by atoms with Crippen molar-refractivity contribution in [1.82, 2.24) is 15.6 Å². The minimum absolute atomic E-state index is 0.0145. The first kappa shape index (κ1) is 16.9. The maximum atomic E-state index is 14.0. The zero-order valence-corrected chi connectivity index (χ0v) is 14.4. The summed E-state index contributed by atoms with van der Waals surface area (Å²) in [4.78, 5) is 16.6. The van der Waals surface area contributed by atoms with Crippen LogP contribution in [-0.4, -0.2) is 23.5 Å².